The molecule has 0 saturated heterocycles. The number of carbonyl (C=O) groups is 1. The van der Waals surface area contributed by atoms with Crippen LogP contribution in [0.1, 0.15) is 16.1 Å². The van der Waals surface area contributed by atoms with E-state index in [4.69, 9.17) is 28.3 Å². The zero-order valence-corrected chi connectivity index (χ0v) is 12.4. The lowest BCUT2D eigenvalue weighted by molar-refractivity contribution is 0.0697. The van der Waals surface area contributed by atoms with Crippen LogP contribution < -0.4 is 0 Å². The van der Waals surface area contributed by atoms with E-state index in [-0.39, 0.29) is 10.6 Å². The van der Waals surface area contributed by atoms with Crippen LogP contribution in [0.25, 0.3) is 16.7 Å². The largest absolute Gasteiger partial charge is 0.478 e. The van der Waals surface area contributed by atoms with Crippen LogP contribution in [0.5, 0.6) is 0 Å². The molecular formula is C14H9Cl2N3O2. The van der Waals surface area contributed by atoms with Crippen LogP contribution in [0, 0.1) is 6.92 Å². The molecule has 0 fully saturated rings. The lowest BCUT2D eigenvalue weighted by Gasteiger charge is -2.04. The number of hydrogen-bond acceptors (Lipinski definition) is 3. The number of aryl methyl sites for hydroxylation is 1. The Hall–Kier alpha value is -2.11. The third kappa shape index (κ3) is 2.24. The second-order valence-electron chi connectivity index (χ2n) is 4.46. The van der Waals surface area contributed by atoms with Crippen LogP contribution in [-0.2, 0) is 0 Å². The van der Waals surface area contributed by atoms with E-state index >= 15 is 0 Å². The second-order valence-corrected chi connectivity index (χ2v) is 5.28. The fourth-order valence-corrected chi connectivity index (χ4v) is 2.60. The highest BCUT2D eigenvalue weighted by atomic mass is 35.5. The van der Waals surface area contributed by atoms with E-state index in [1.807, 2.05) is 0 Å². The molecule has 0 aliphatic carbocycles. The predicted octanol–water partition coefficient (Wildman–Crippen LogP) is 3.73. The molecular weight excluding hydrogens is 313 g/mol. The molecule has 106 valence electrons. The molecule has 0 radical (unpaired) electrons. The summed E-state index contributed by atoms with van der Waals surface area (Å²) in [6.45, 7) is 1.76. The van der Waals surface area contributed by atoms with E-state index in [1.54, 1.807) is 35.9 Å². The molecule has 0 aliphatic rings. The lowest BCUT2D eigenvalue weighted by atomic mass is 10.2. The van der Waals surface area contributed by atoms with Crippen molar-refractivity contribution in [1.29, 1.82) is 0 Å². The van der Waals surface area contributed by atoms with Gasteiger partial charge in [-0.05, 0) is 31.2 Å². The molecule has 1 N–H and O–H groups in total. The summed E-state index contributed by atoms with van der Waals surface area (Å²) in [7, 11) is 0. The lowest BCUT2D eigenvalue weighted by Crippen LogP contribution is -2.01. The summed E-state index contributed by atoms with van der Waals surface area (Å²) in [5.41, 5.74) is 1.84. The summed E-state index contributed by atoms with van der Waals surface area (Å²) in [6, 6.07) is 7.09. The molecule has 7 heteroatoms. The van der Waals surface area contributed by atoms with Gasteiger partial charge in [0.05, 0.1) is 27.4 Å². The van der Waals surface area contributed by atoms with E-state index in [9.17, 15) is 4.79 Å². The van der Waals surface area contributed by atoms with Gasteiger partial charge in [-0.1, -0.05) is 23.2 Å². The highest BCUT2D eigenvalue weighted by Gasteiger charge is 2.19. The Morgan fingerprint density at radius 3 is 2.52 bits per heavy atom. The Kier molecular flexibility index (Phi) is 3.31. The van der Waals surface area contributed by atoms with E-state index < -0.39 is 5.97 Å². The van der Waals surface area contributed by atoms with Crippen molar-refractivity contribution >= 4 is 40.2 Å². The number of nitrogens with zero attached hydrogens (tertiary/aromatic N) is 3. The third-order valence-corrected chi connectivity index (χ3v) is 3.75. The van der Waals surface area contributed by atoms with Crippen molar-refractivity contribution in [2.75, 3.05) is 0 Å². The number of fused-ring (bicyclic) bond motifs is 1. The number of aromatic carboxylic acids is 1. The normalized spacial score (nSPS) is 11.0. The van der Waals surface area contributed by atoms with Crippen molar-refractivity contribution in [3.8, 4) is 5.69 Å². The van der Waals surface area contributed by atoms with Gasteiger partial charge in [-0.15, -0.1) is 0 Å². The molecule has 3 rings (SSSR count). The zero-order chi connectivity index (χ0) is 15.1. The van der Waals surface area contributed by atoms with Crippen molar-refractivity contribution in [3.63, 3.8) is 0 Å². The van der Waals surface area contributed by atoms with Gasteiger partial charge in [0.1, 0.15) is 0 Å². The molecule has 0 spiro atoms. The van der Waals surface area contributed by atoms with Gasteiger partial charge < -0.3 is 5.11 Å². The van der Waals surface area contributed by atoms with Crippen molar-refractivity contribution in [2.45, 2.75) is 6.92 Å². The van der Waals surface area contributed by atoms with Crippen molar-refractivity contribution in [1.82, 2.24) is 14.8 Å². The van der Waals surface area contributed by atoms with Gasteiger partial charge >= 0.3 is 5.97 Å². The second kappa shape index (κ2) is 5.02. The molecule has 2 aromatic heterocycles. The van der Waals surface area contributed by atoms with Crippen LogP contribution in [-0.4, -0.2) is 25.8 Å². The van der Waals surface area contributed by atoms with Gasteiger partial charge in [0.25, 0.3) is 0 Å². The molecule has 0 aliphatic heterocycles. The van der Waals surface area contributed by atoms with Crippen LogP contribution in [0.3, 0.4) is 0 Å². The van der Waals surface area contributed by atoms with Gasteiger partial charge in [-0.25, -0.2) is 14.5 Å². The molecule has 0 amide bonds. The fraction of sp³-hybridized carbons (Fsp3) is 0.0714. The number of carboxylic acids is 1. The van der Waals surface area contributed by atoms with Crippen molar-refractivity contribution < 1.29 is 9.90 Å². The number of aromatic nitrogens is 3. The number of benzene rings is 1. The summed E-state index contributed by atoms with van der Waals surface area (Å²) in [5.74, 6) is -1.12. The highest BCUT2D eigenvalue weighted by Crippen LogP contribution is 2.30. The summed E-state index contributed by atoms with van der Waals surface area (Å²) in [4.78, 5) is 15.3. The maximum atomic E-state index is 11.1. The molecule has 21 heavy (non-hydrogen) atoms. The Balaban J connectivity index is 2.30. The summed E-state index contributed by atoms with van der Waals surface area (Å²) in [6.07, 6.45) is 1.24. The number of halogens is 2. The molecule has 0 atom stereocenters. The average molecular weight is 322 g/mol. The van der Waals surface area contributed by atoms with Crippen molar-refractivity contribution in [3.05, 3.63) is 51.8 Å². The van der Waals surface area contributed by atoms with Gasteiger partial charge in [0.2, 0.25) is 0 Å². The minimum Gasteiger partial charge on any atom is -0.478 e. The first-order valence-corrected chi connectivity index (χ1v) is 6.77. The zero-order valence-electron chi connectivity index (χ0n) is 10.8. The first-order valence-electron chi connectivity index (χ1n) is 6.02. The first-order chi connectivity index (χ1) is 9.99. The number of pyridine rings is 1. The fourth-order valence-electron chi connectivity index (χ4n) is 2.12. The number of carboxylic acid groups (broad SMARTS) is 1. The Morgan fingerprint density at radius 2 is 1.90 bits per heavy atom. The van der Waals surface area contributed by atoms with Gasteiger partial charge in [0, 0.05) is 11.2 Å². The monoisotopic (exact) mass is 321 g/mol. The Labute approximate surface area is 129 Å². The summed E-state index contributed by atoms with van der Waals surface area (Å²) >= 11 is 12.0. The van der Waals surface area contributed by atoms with E-state index in [0.29, 0.717) is 21.7 Å². The van der Waals surface area contributed by atoms with E-state index in [0.717, 1.165) is 5.69 Å². The van der Waals surface area contributed by atoms with Gasteiger partial charge in [-0.3, -0.25) is 0 Å². The first kappa shape index (κ1) is 13.9. The van der Waals surface area contributed by atoms with Crippen LogP contribution in [0.2, 0.25) is 10.0 Å². The smallest absolute Gasteiger partial charge is 0.338 e. The maximum absolute atomic E-state index is 11.1. The Morgan fingerprint density at radius 1 is 1.24 bits per heavy atom. The molecule has 0 unspecified atom stereocenters. The van der Waals surface area contributed by atoms with E-state index in [2.05, 4.69) is 10.1 Å². The molecule has 3 aromatic rings. The SMILES string of the molecule is Cc1nn(-c2ccc(Cl)cc2)c2ncc(C(=O)O)c(Cl)c12. The Bertz CT molecular complexity index is 857. The van der Waals surface area contributed by atoms with Crippen LogP contribution in [0.15, 0.2) is 30.5 Å². The minimum absolute atomic E-state index is 0.0390. The summed E-state index contributed by atoms with van der Waals surface area (Å²) < 4.78 is 1.61. The van der Waals surface area contributed by atoms with Gasteiger partial charge in [-0.2, -0.15) is 5.10 Å². The maximum Gasteiger partial charge on any atom is 0.338 e. The van der Waals surface area contributed by atoms with Crippen LogP contribution >= 0.6 is 23.2 Å². The molecule has 5 nitrogen and oxygen atoms in total. The van der Waals surface area contributed by atoms with E-state index in [1.165, 1.54) is 6.20 Å². The molecule has 0 bridgehead atoms. The topological polar surface area (TPSA) is 68.0 Å². The van der Waals surface area contributed by atoms with Gasteiger partial charge in [0.15, 0.2) is 5.65 Å². The highest BCUT2D eigenvalue weighted by molar-refractivity contribution is 6.38. The van der Waals surface area contributed by atoms with Crippen molar-refractivity contribution in [2.24, 2.45) is 0 Å². The standard InChI is InChI=1S/C14H9Cl2N3O2/c1-7-11-12(16)10(14(20)21)6-17-13(11)19(18-7)9-4-2-8(15)3-5-9/h2-6H,1H3,(H,20,21). The predicted molar refractivity (Wildman–Crippen MR) is 80.6 cm³/mol. The molecule has 0 saturated carbocycles. The number of hydrogen-bond donors (Lipinski definition) is 1. The van der Waals surface area contributed by atoms with Crippen LogP contribution in [0.4, 0.5) is 0 Å². The average Bonchev–Trinajstić information content (AvgIpc) is 2.78. The quantitative estimate of drug-likeness (QED) is 0.780. The number of rotatable bonds is 2. The molecule has 1 aromatic carbocycles. The summed E-state index contributed by atoms with van der Waals surface area (Å²) in [5, 5.41) is 14.8. The molecule has 2 heterocycles. The third-order valence-electron chi connectivity index (χ3n) is 3.11. The minimum atomic E-state index is -1.12.